The highest BCUT2D eigenvalue weighted by molar-refractivity contribution is 5.24. The predicted octanol–water partition coefficient (Wildman–Crippen LogP) is 3.71. The lowest BCUT2D eigenvalue weighted by Gasteiger charge is -2.21. The van der Waals surface area contributed by atoms with E-state index >= 15 is 0 Å². The van der Waals surface area contributed by atoms with Crippen LogP contribution in [0.4, 0.5) is 26.3 Å². The lowest BCUT2D eigenvalue weighted by Crippen LogP contribution is -2.28. The minimum Gasteiger partial charge on any atom is -0.310 e. The molecular formula is C11H11F6N. The lowest BCUT2D eigenvalue weighted by molar-refractivity contribution is -0.140. The summed E-state index contributed by atoms with van der Waals surface area (Å²) in [5.74, 6) is -3.83. The van der Waals surface area contributed by atoms with Crippen molar-refractivity contribution in [3.63, 3.8) is 0 Å². The Morgan fingerprint density at radius 2 is 1.61 bits per heavy atom. The molecule has 0 aliphatic rings. The molecule has 18 heavy (non-hydrogen) atoms. The van der Waals surface area contributed by atoms with Crippen molar-refractivity contribution in [3.05, 3.63) is 35.1 Å². The van der Waals surface area contributed by atoms with Crippen LogP contribution >= 0.6 is 0 Å². The third-order valence-corrected chi connectivity index (χ3v) is 2.28. The number of rotatable bonds is 4. The molecule has 1 aromatic rings. The lowest BCUT2D eigenvalue weighted by atomic mass is 10.0. The maximum atomic E-state index is 13.4. The highest BCUT2D eigenvalue weighted by Gasteiger charge is 2.34. The summed E-state index contributed by atoms with van der Waals surface area (Å²) in [5, 5.41) is 2.33. The first-order chi connectivity index (χ1) is 8.24. The van der Waals surface area contributed by atoms with Gasteiger partial charge in [-0.2, -0.15) is 13.2 Å². The van der Waals surface area contributed by atoms with Gasteiger partial charge in [0.05, 0.1) is 6.42 Å². The molecule has 102 valence electrons. The Bertz CT molecular complexity index is 391. The van der Waals surface area contributed by atoms with Gasteiger partial charge in [0.1, 0.15) is 17.5 Å². The number of benzene rings is 1. The van der Waals surface area contributed by atoms with E-state index in [1.54, 1.807) is 0 Å². The standard InChI is InChI=1S/C11H11F6N/c1-2-18-9(5-11(15,16)17)10-7(13)3-6(12)4-8(10)14/h3-4,9,18H,2,5H2,1H3. The van der Waals surface area contributed by atoms with Gasteiger partial charge in [0.15, 0.2) is 0 Å². The molecule has 0 heterocycles. The molecule has 1 unspecified atom stereocenters. The molecular weight excluding hydrogens is 260 g/mol. The van der Waals surface area contributed by atoms with Gasteiger partial charge in [0, 0.05) is 23.7 Å². The van der Waals surface area contributed by atoms with Crippen LogP contribution in [0.2, 0.25) is 0 Å². The van der Waals surface area contributed by atoms with Crippen LogP contribution in [0.5, 0.6) is 0 Å². The Balaban J connectivity index is 3.13. The number of hydrogen-bond donors (Lipinski definition) is 1. The SMILES string of the molecule is CCNC(CC(F)(F)F)c1c(F)cc(F)cc1F. The highest BCUT2D eigenvalue weighted by atomic mass is 19.4. The number of hydrogen-bond acceptors (Lipinski definition) is 1. The topological polar surface area (TPSA) is 12.0 Å². The first kappa shape index (κ1) is 14.8. The Morgan fingerprint density at radius 1 is 1.11 bits per heavy atom. The molecule has 1 N–H and O–H groups in total. The number of alkyl halides is 3. The molecule has 1 nitrogen and oxygen atoms in total. The van der Waals surface area contributed by atoms with Crippen molar-refractivity contribution in [2.24, 2.45) is 0 Å². The predicted molar refractivity (Wildman–Crippen MR) is 53.4 cm³/mol. The van der Waals surface area contributed by atoms with Crippen LogP contribution in [0.3, 0.4) is 0 Å². The van der Waals surface area contributed by atoms with Crippen LogP contribution in [0, 0.1) is 17.5 Å². The van der Waals surface area contributed by atoms with E-state index in [0.29, 0.717) is 12.1 Å². The van der Waals surface area contributed by atoms with Crippen LogP contribution in [0.1, 0.15) is 24.9 Å². The average Bonchev–Trinajstić information content (AvgIpc) is 2.13. The molecule has 7 heteroatoms. The molecule has 0 amide bonds. The zero-order chi connectivity index (χ0) is 13.9. The zero-order valence-corrected chi connectivity index (χ0v) is 9.41. The summed E-state index contributed by atoms with van der Waals surface area (Å²) in [6.45, 7) is 1.60. The van der Waals surface area contributed by atoms with E-state index in [-0.39, 0.29) is 6.54 Å². The van der Waals surface area contributed by atoms with E-state index in [4.69, 9.17) is 0 Å². The van der Waals surface area contributed by atoms with Gasteiger partial charge < -0.3 is 5.32 Å². The van der Waals surface area contributed by atoms with Crippen LogP contribution in [0.25, 0.3) is 0 Å². The molecule has 1 aromatic carbocycles. The Labute approximate surface area is 99.8 Å². The van der Waals surface area contributed by atoms with Gasteiger partial charge in [0.2, 0.25) is 0 Å². The molecule has 0 aliphatic carbocycles. The summed E-state index contributed by atoms with van der Waals surface area (Å²) in [6, 6.07) is -0.853. The van der Waals surface area contributed by atoms with Gasteiger partial charge in [-0.1, -0.05) is 6.92 Å². The van der Waals surface area contributed by atoms with Gasteiger partial charge in [-0.05, 0) is 6.54 Å². The molecule has 0 saturated carbocycles. The average molecular weight is 271 g/mol. The molecule has 0 bridgehead atoms. The third-order valence-electron chi connectivity index (χ3n) is 2.28. The van der Waals surface area contributed by atoms with Crippen LogP contribution in [-0.4, -0.2) is 12.7 Å². The molecule has 0 fully saturated rings. The van der Waals surface area contributed by atoms with Crippen molar-refractivity contribution in [2.45, 2.75) is 25.6 Å². The molecule has 0 spiro atoms. The fraction of sp³-hybridized carbons (Fsp3) is 0.455. The van der Waals surface area contributed by atoms with E-state index in [9.17, 15) is 26.3 Å². The molecule has 0 aliphatic heterocycles. The molecule has 1 atom stereocenters. The van der Waals surface area contributed by atoms with Gasteiger partial charge in [-0.15, -0.1) is 0 Å². The Hall–Kier alpha value is -1.24. The Kier molecular flexibility index (Phi) is 4.61. The molecule has 0 radical (unpaired) electrons. The summed E-state index contributed by atoms with van der Waals surface area (Å²) >= 11 is 0. The maximum absolute atomic E-state index is 13.4. The van der Waals surface area contributed by atoms with Crippen LogP contribution in [0.15, 0.2) is 12.1 Å². The van der Waals surface area contributed by atoms with Gasteiger partial charge in [-0.3, -0.25) is 0 Å². The van der Waals surface area contributed by atoms with E-state index in [0.717, 1.165) is 0 Å². The molecule has 0 aromatic heterocycles. The number of halogens is 6. The van der Waals surface area contributed by atoms with Crippen molar-refractivity contribution in [3.8, 4) is 0 Å². The first-order valence-corrected chi connectivity index (χ1v) is 5.19. The summed E-state index contributed by atoms with van der Waals surface area (Å²) in [6.07, 6.45) is -6.01. The van der Waals surface area contributed by atoms with Crippen molar-refractivity contribution in [1.82, 2.24) is 5.32 Å². The van der Waals surface area contributed by atoms with Crippen LogP contribution in [-0.2, 0) is 0 Å². The minimum atomic E-state index is -4.58. The van der Waals surface area contributed by atoms with E-state index in [1.165, 1.54) is 6.92 Å². The smallest absolute Gasteiger partial charge is 0.310 e. The second kappa shape index (κ2) is 5.60. The fourth-order valence-corrected chi connectivity index (χ4v) is 1.64. The van der Waals surface area contributed by atoms with Crippen molar-refractivity contribution in [1.29, 1.82) is 0 Å². The normalized spacial score (nSPS) is 13.7. The van der Waals surface area contributed by atoms with Crippen molar-refractivity contribution < 1.29 is 26.3 Å². The number of nitrogens with one attached hydrogen (secondary N) is 1. The summed E-state index contributed by atoms with van der Waals surface area (Å²) in [7, 11) is 0. The van der Waals surface area contributed by atoms with Crippen molar-refractivity contribution in [2.75, 3.05) is 6.54 Å². The van der Waals surface area contributed by atoms with Crippen molar-refractivity contribution >= 4 is 0 Å². The highest BCUT2D eigenvalue weighted by Crippen LogP contribution is 2.32. The van der Waals surface area contributed by atoms with Gasteiger partial charge >= 0.3 is 6.18 Å². The second-order valence-corrected chi connectivity index (χ2v) is 3.71. The molecule has 0 saturated heterocycles. The zero-order valence-electron chi connectivity index (χ0n) is 9.41. The Morgan fingerprint density at radius 3 is 2.00 bits per heavy atom. The quantitative estimate of drug-likeness (QED) is 0.823. The fourth-order valence-electron chi connectivity index (χ4n) is 1.64. The monoisotopic (exact) mass is 271 g/mol. The third kappa shape index (κ3) is 3.90. The van der Waals surface area contributed by atoms with Gasteiger partial charge in [0.25, 0.3) is 0 Å². The second-order valence-electron chi connectivity index (χ2n) is 3.71. The van der Waals surface area contributed by atoms with Gasteiger partial charge in [-0.25, -0.2) is 13.2 Å². The maximum Gasteiger partial charge on any atom is 0.390 e. The van der Waals surface area contributed by atoms with E-state index in [2.05, 4.69) is 5.32 Å². The summed E-state index contributed by atoms with van der Waals surface area (Å²) in [5.41, 5.74) is -0.796. The minimum absolute atomic E-state index is 0.0942. The van der Waals surface area contributed by atoms with E-state index < -0.39 is 41.7 Å². The van der Waals surface area contributed by atoms with Crippen LogP contribution < -0.4 is 5.32 Å². The summed E-state index contributed by atoms with van der Waals surface area (Å²) < 4.78 is 76.3. The largest absolute Gasteiger partial charge is 0.390 e. The molecule has 1 rings (SSSR count). The first-order valence-electron chi connectivity index (χ1n) is 5.19. The van der Waals surface area contributed by atoms with E-state index in [1.807, 2.05) is 0 Å². The summed E-state index contributed by atoms with van der Waals surface area (Å²) in [4.78, 5) is 0.